The van der Waals surface area contributed by atoms with Gasteiger partial charge in [-0.05, 0) is 12.1 Å². The zero-order valence-corrected chi connectivity index (χ0v) is 11.2. The van der Waals surface area contributed by atoms with Gasteiger partial charge in [-0.25, -0.2) is 4.98 Å². The second-order valence-electron chi connectivity index (χ2n) is 4.60. The Morgan fingerprint density at radius 1 is 1.25 bits per heavy atom. The lowest BCUT2D eigenvalue weighted by Gasteiger charge is -2.16. The van der Waals surface area contributed by atoms with Crippen molar-refractivity contribution in [3.05, 3.63) is 28.9 Å². The first-order valence-corrected chi connectivity index (χ1v) is 6.36. The fraction of sp³-hybridized carbons (Fsp3) is 0.333. The zero-order chi connectivity index (χ0) is 11.8. The van der Waals surface area contributed by atoms with Crippen molar-refractivity contribution < 1.29 is 0 Å². The Morgan fingerprint density at radius 2 is 1.94 bits per heavy atom. The first kappa shape index (κ1) is 11.6. The molecule has 0 radical (unpaired) electrons. The topological polar surface area (TPSA) is 28.7 Å². The smallest absolute Gasteiger partial charge is 0.136 e. The SMILES string of the molecule is CC(C)(C)Sc1nc2ccccc2[nH]c1=S. The van der Waals surface area contributed by atoms with Crippen molar-refractivity contribution >= 4 is 35.0 Å². The van der Waals surface area contributed by atoms with Crippen LogP contribution in [0.15, 0.2) is 29.3 Å². The first-order valence-electron chi connectivity index (χ1n) is 5.14. The van der Waals surface area contributed by atoms with E-state index in [0.717, 1.165) is 20.7 Å². The molecule has 0 aliphatic rings. The normalized spacial score (nSPS) is 11.9. The number of hydrogen-bond donors (Lipinski definition) is 1. The van der Waals surface area contributed by atoms with Gasteiger partial charge in [-0.15, -0.1) is 0 Å². The summed E-state index contributed by atoms with van der Waals surface area (Å²) in [4.78, 5) is 7.80. The Balaban J connectivity index is 2.55. The number of H-pyrrole nitrogens is 1. The third-order valence-corrected chi connectivity index (χ3v) is 3.50. The molecule has 0 saturated heterocycles. The summed E-state index contributed by atoms with van der Waals surface area (Å²) in [5, 5.41) is 0.904. The maximum atomic E-state index is 5.31. The van der Waals surface area contributed by atoms with Crippen molar-refractivity contribution in [2.75, 3.05) is 0 Å². The van der Waals surface area contributed by atoms with Gasteiger partial charge >= 0.3 is 0 Å². The number of nitrogens with zero attached hydrogens (tertiary/aromatic N) is 1. The third kappa shape index (κ3) is 2.62. The second kappa shape index (κ2) is 4.18. The molecule has 0 aliphatic heterocycles. The van der Waals surface area contributed by atoms with Gasteiger partial charge in [-0.2, -0.15) is 0 Å². The van der Waals surface area contributed by atoms with E-state index in [1.165, 1.54) is 0 Å². The van der Waals surface area contributed by atoms with Gasteiger partial charge in [0.25, 0.3) is 0 Å². The average molecular weight is 250 g/mol. The minimum Gasteiger partial charge on any atom is -0.343 e. The molecule has 1 N–H and O–H groups in total. The summed E-state index contributed by atoms with van der Waals surface area (Å²) >= 11 is 7.00. The number of nitrogens with one attached hydrogen (secondary N) is 1. The summed E-state index contributed by atoms with van der Waals surface area (Å²) in [5.74, 6) is 0. The van der Waals surface area contributed by atoms with Crippen LogP contribution in [0.2, 0.25) is 0 Å². The van der Waals surface area contributed by atoms with E-state index in [2.05, 4.69) is 30.7 Å². The molecule has 2 aromatic rings. The summed E-state index contributed by atoms with van der Waals surface area (Å²) in [6, 6.07) is 7.95. The molecule has 1 aromatic heterocycles. The summed E-state index contributed by atoms with van der Waals surface area (Å²) in [7, 11) is 0. The van der Waals surface area contributed by atoms with E-state index in [1.807, 2.05) is 24.3 Å². The highest BCUT2D eigenvalue weighted by molar-refractivity contribution is 8.00. The van der Waals surface area contributed by atoms with E-state index < -0.39 is 0 Å². The van der Waals surface area contributed by atoms with Crippen molar-refractivity contribution in [2.45, 2.75) is 30.5 Å². The fourth-order valence-corrected chi connectivity index (χ4v) is 2.52. The Kier molecular flexibility index (Phi) is 3.04. The Morgan fingerprint density at radius 3 is 2.62 bits per heavy atom. The van der Waals surface area contributed by atoms with E-state index >= 15 is 0 Å². The number of hydrogen-bond acceptors (Lipinski definition) is 3. The van der Waals surface area contributed by atoms with Crippen molar-refractivity contribution in [3.63, 3.8) is 0 Å². The lowest BCUT2D eigenvalue weighted by atomic mass is 10.3. The van der Waals surface area contributed by atoms with Gasteiger partial charge in [-0.3, -0.25) is 0 Å². The highest BCUT2D eigenvalue weighted by Gasteiger charge is 2.14. The number of fused-ring (bicyclic) bond motifs is 1. The van der Waals surface area contributed by atoms with E-state index in [9.17, 15) is 0 Å². The van der Waals surface area contributed by atoms with Gasteiger partial charge in [0.05, 0.1) is 11.0 Å². The van der Waals surface area contributed by atoms with E-state index in [0.29, 0.717) is 0 Å². The molecule has 0 unspecified atom stereocenters. The first-order chi connectivity index (χ1) is 7.46. The summed E-state index contributed by atoms with van der Waals surface area (Å²) in [5.41, 5.74) is 1.95. The van der Waals surface area contributed by atoms with E-state index in [-0.39, 0.29) is 4.75 Å². The number of benzene rings is 1. The molecule has 84 valence electrons. The molecule has 16 heavy (non-hydrogen) atoms. The molecule has 0 spiro atoms. The summed E-state index contributed by atoms with van der Waals surface area (Å²) in [6.45, 7) is 6.47. The minimum atomic E-state index is 0.122. The molecular weight excluding hydrogens is 236 g/mol. The molecule has 2 nitrogen and oxygen atoms in total. The fourth-order valence-electron chi connectivity index (χ4n) is 1.37. The molecule has 0 aliphatic carbocycles. The monoisotopic (exact) mass is 250 g/mol. The number of aromatic amines is 1. The van der Waals surface area contributed by atoms with Crippen molar-refractivity contribution in [3.8, 4) is 0 Å². The molecule has 0 fully saturated rings. The lowest BCUT2D eigenvalue weighted by molar-refractivity contribution is 0.798. The van der Waals surface area contributed by atoms with Crippen LogP contribution < -0.4 is 0 Å². The molecule has 0 amide bonds. The van der Waals surface area contributed by atoms with Crippen molar-refractivity contribution in [1.29, 1.82) is 0 Å². The summed E-state index contributed by atoms with van der Waals surface area (Å²) in [6.07, 6.45) is 0. The van der Waals surface area contributed by atoms with Gasteiger partial charge < -0.3 is 4.98 Å². The lowest BCUT2D eigenvalue weighted by Crippen LogP contribution is -2.08. The molecular formula is C12H14N2S2. The van der Waals surface area contributed by atoms with Crippen LogP contribution in [-0.4, -0.2) is 14.7 Å². The molecule has 4 heteroatoms. The molecule has 0 bridgehead atoms. The van der Waals surface area contributed by atoms with Crippen molar-refractivity contribution in [2.24, 2.45) is 0 Å². The molecule has 1 heterocycles. The molecule has 2 rings (SSSR count). The van der Waals surface area contributed by atoms with Gasteiger partial charge in [0.2, 0.25) is 0 Å². The van der Waals surface area contributed by atoms with Crippen LogP contribution in [0.5, 0.6) is 0 Å². The Hall–Kier alpha value is -0.870. The average Bonchev–Trinajstić information content (AvgIpc) is 2.17. The second-order valence-corrected chi connectivity index (χ2v) is 6.83. The molecule has 0 saturated carbocycles. The van der Waals surface area contributed by atoms with Crippen LogP contribution in [0.1, 0.15) is 20.8 Å². The predicted molar refractivity (Wildman–Crippen MR) is 72.5 cm³/mol. The number of thioether (sulfide) groups is 1. The number of rotatable bonds is 1. The number of para-hydroxylation sites is 2. The van der Waals surface area contributed by atoms with Crippen molar-refractivity contribution in [1.82, 2.24) is 9.97 Å². The van der Waals surface area contributed by atoms with Crippen LogP contribution in [0, 0.1) is 4.64 Å². The number of aromatic nitrogens is 2. The van der Waals surface area contributed by atoms with E-state index in [4.69, 9.17) is 12.2 Å². The quantitative estimate of drug-likeness (QED) is 0.608. The zero-order valence-electron chi connectivity index (χ0n) is 9.57. The molecule has 0 atom stereocenters. The highest BCUT2D eigenvalue weighted by Crippen LogP contribution is 2.31. The maximum absolute atomic E-state index is 5.31. The van der Waals surface area contributed by atoms with Gasteiger partial charge in [0.15, 0.2) is 0 Å². The predicted octanol–water partition coefficient (Wildman–Crippen LogP) is 4.18. The van der Waals surface area contributed by atoms with Crippen LogP contribution in [0.25, 0.3) is 11.0 Å². The van der Waals surface area contributed by atoms with Crippen LogP contribution in [0.4, 0.5) is 0 Å². The third-order valence-electron chi connectivity index (χ3n) is 1.97. The van der Waals surface area contributed by atoms with Gasteiger partial charge in [0, 0.05) is 4.75 Å². The standard InChI is InChI=1S/C12H14N2S2/c1-12(2,3)16-11-10(15)13-8-6-4-5-7-9(8)14-11/h4-7H,1-3H3,(H,13,15). The maximum Gasteiger partial charge on any atom is 0.136 e. The largest absolute Gasteiger partial charge is 0.343 e. The van der Waals surface area contributed by atoms with Gasteiger partial charge in [-0.1, -0.05) is 56.9 Å². The van der Waals surface area contributed by atoms with Crippen LogP contribution >= 0.6 is 24.0 Å². The summed E-state index contributed by atoms with van der Waals surface area (Å²) < 4.78 is 0.843. The molecule has 1 aromatic carbocycles. The van der Waals surface area contributed by atoms with E-state index in [1.54, 1.807) is 11.8 Å². The van der Waals surface area contributed by atoms with Crippen LogP contribution in [-0.2, 0) is 0 Å². The van der Waals surface area contributed by atoms with Gasteiger partial charge in [0.1, 0.15) is 9.67 Å². The highest BCUT2D eigenvalue weighted by atomic mass is 32.2. The Labute approximate surface area is 104 Å². The minimum absolute atomic E-state index is 0.122. The van der Waals surface area contributed by atoms with Crippen LogP contribution in [0.3, 0.4) is 0 Å². The Bertz CT molecular complexity index is 567.